The van der Waals surface area contributed by atoms with Gasteiger partial charge in [0.1, 0.15) is 0 Å². The molecular formula is C15H20N2O2S. The molecule has 20 heavy (non-hydrogen) atoms. The Labute approximate surface area is 124 Å². The Hall–Kier alpha value is -1.51. The zero-order valence-electron chi connectivity index (χ0n) is 12.1. The lowest BCUT2D eigenvalue weighted by molar-refractivity contribution is 0.0313. The van der Waals surface area contributed by atoms with E-state index in [1.54, 1.807) is 24.8 Å². The number of nitriles is 1. The molecule has 5 heteroatoms. The summed E-state index contributed by atoms with van der Waals surface area (Å²) in [5, 5.41) is 18.5. The fourth-order valence-electron chi connectivity index (χ4n) is 1.84. The topological polar surface area (TPSA) is 64.3 Å². The van der Waals surface area contributed by atoms with Crippen LogP contribution in [0.15, 0.2) is 29.2 Å². The van der Waals surface area contributed by atoms with Crippen LogP contribution in [0.1, 0.15) is 31.1 Å². The van der Waals surface area contributed by atoms with Gasteiger partial charge in [0.05, 0.1) is 23.0 Å². The van der Waals surface area contributed by atoms with E-state index >= 15 is 0 Å². The van der Waals surface area contributed by atoms with Crippen LogP contribution >= 0.6 is 11.8 Å². The fraction of sp³-hybridized carbons (Fsp3) is 0.467. The second-order valence-corrected chi connectivity index (χ2v) is 6.09. The monoisotopic (exact) mass is 292 g/mol. The molecule has 0 aliphatic rings. The molecule has 0 unspecified atom stereocenters. The van der Waals surface area contributed by atoms with E-state index in [0.717, 1.165) is 4.90 Å². The Balaban J connectivity index is 2.98. The lowest BCUT2D eigenvalue weighted by atomic mass is 10.1. The van der Waals surface area contributed by atoms with Crippen LogP contribution in [0.2, 0.25) is 0 Å². The summed E-state index contributed by atoms with van der Waals surface area (Å²) in [6.07, 6.45) is 0. The van der Waals surface area contributed by atoms with Crippen molar-refractivity contribution in [3.05, 3.63) is 29.8 Å². The molecule has 4 nitrogen and oxygen atoms in total. The van der Waals surface area contributed by atoms with E-state index in [-0.39, 0.29) is 12.5 Å². The van der Waals surface area contributed by atoms with Crippen molar-refractivity contribution in [2.45, 2.75) is 31.3 Å². The van der Waals surface area contributed by atoms with Gasteiger partial charge in [-0.1, -0.05) is 12.1 Å². The van der Waals surface area contributed by atoms with Gasteiger partial charge in [-0.15, -0.1) is 11.8 Å². The first-order valence-electron chi connectivity index (χ1n) is 6.49. The maximum atomic E-state index is 12.6. The first kappa shape index (κ1) is 16.5. The Morgan fingerprint density at radius 1 is 1.45 bits per heavy atom. The van der Waals surface area contributed by atoms with E-state index in [9.17, 15) is 9.90 Å². The van der Waals surface area contributed by atoms with Gasteiger partial charge in [-0.05, 0) is 32.9 Å². The van der Waals surface area contributed by atoms with Gasteiger partial charge in [-0.3, -0.25) is 4.79 Å². The molecule has 0 fully saturated rings. The first-order chi connectivity index (χ1) is 9.39. The summed E-state index contributed by atoms with van der Waals surface area (Å²) in [5.74, 6) is 0.192. The molecular weight excluding hydrogens is 272 g/mol. The van der Waals surface area contributed by atoms with Crippen LogP contribution in [0.4, 0.5) is 0 Å². The van der Waals surface area contributed by atoms with Crippen molar-refractivity contribution in [3.63, 3.8) is 0 Å². The maximum Gasteiger partial charge on any atom is 0.255 e. The number of aliphatic hydroxyl groups is 1. The lowest BCUT2D eigenvalue weighted by Crippen LogP contribution is -2.42. The van der Waals surface area contributed by atoms with Crippen LogP contribution in [-0.4, -0.2) is 40.4 Å². The van der Waals surface area contributed by atoms with Crippen LogP contribution in [0, 0.1) is 11.3 Å². The third-order valence-electron chi connectivity index (χ3n) is 2.66. The zero-order chi connectivity index (χ0) is 15.2. The molecule has 1 amide bonds. The van der Waals surface area contributed by atoms with Gasteiger partial charge in [0.25, 0.3) is 5.91 Å². The Morgan fingerprint density at radius 2 is 2.10 bits per heavy atom. The Kier molecular flexibility index (Phi) is 6.05. The largest absolute Gasteiger partial charge is 0.389 e. The van der Waals surface area contributed by atoms with Crippen molar-refractivity contribution in [1.82, 2.24) is 4.90 Å². The minimum atomic E-state index is -0.930. The Bertz CT molecular complexity index is 503. The lowest BCUT2D eigenvalue weighted by Gasteiger charge is -2.28. The molecule has 0 bridgehead atoms. The van der Waals surface area contributed by atoms with Crippen molar-refractivity contribution in [2.24, 2.45) is 0 Å². The van der Waals surface area contributed by atoms with Crippen molar-refractivity contribution in [3.8, 4) is 6.07 Å². The number of carbonyl (C=O) groups is 1. The van der Waals surface area contributed by atoms with Crippen molar-refractivity contribution < 1.29 is 9.90 Å². The SMILES string of the molecule is CCN(CC(C)(C)O)C(=O)c1ccccc1SCC#N. The summed E-state index contributed by atoms with van der Waals surface area (Å²) in [6.45, 7) is 6.05. The number of rotatable bonds is 6. The number of carbonyl (C=O) groups excluding carboxylic acids is 1. The summed E-state index contributed by atoms with van der Waals surface area (Å²) in [7, 11) is 0. The van der Waals surface area contributed by atoms with E-state index in [4.69, 9.17) is 5.26 Å². The summed E-state index contributed by atoms with van der Waals surface area (Å²) in [5.41, 5.74) is -0.348. The number of amides is 1. The maximum absolute atomic E-state index is 12.6. The minimum absolute atomic E-state index is 0.115. The molecule has 1 aromatic carbocycles. The predicted octanol–water partition coefficient (Wildman–Crippen LogP) is 2.54. The quantitative estimate of drug-likeness (QED) is 0.818. The summed E-state index contributed by atoms with van der Waals surface area (Å²) in [4.78, 5) is 15.0. The highest BCUT2D eigenvalue weighted by molar-refractivity contribution is 7.99. The van der Waals surface area contributed by atoms with Crippen LogP contribution in [0.3, 0.4) is 0 Å². The number of thioether (sulfide) groups is 1. The van der Waals surface area contributed by atoms with Crippen LogP contribution in [-0.2, 0) is 0 Å². The van der Waals surface area contributed by atoms with Gasteiger partial charge in [0, 0.05) is 18.0 Å². The highest BCUT2D eigenvalue weighted by Crippen LogP contribution is 2.24. The van der Waals surface area contributed by atoms with E-state index in [1.807, 2.05) is 25.1 Å². The highest BCUT2D eigenvalue weighted by Gasteiger charge is 2.23. The van der Waals surface area contributed by atoms with Crippen LogP contribution < -0.4 is 0 Å². The smallest absolute Gasteiger partial charge is 0.255 e. The second-order valence-electron chi connectivity index (χ2n) is 5.07. The van der Waals surface area contributed by atoms with E-state index < -0.39 is 5.60 Å². The molecule has 0 saturated carbocycles. The molecule has 1 N–H and O–H groups in total. The summed E-state index contributed by atoms with van der Waals surface area (Å²) < 4.78 is 0. The van der Waals surface area contributed by atoms with Gasteiger partial charge >= 0.3 is 0 Å². The standard InChI is InChI=1S/C15H20N2O2S/c1-4-17(11-15(2,3)19)14(18)12-7-5-6-8-13(12)20-10-9-16/h5-8,19H,4,10-11H2,1-3H3. The molecule has 0 spiro atoms. The molecule has 0 radical (unpaired) electrons. The molecule has 0 atom stereocenters. The predicted molar refractivity (Wildman–Crippen MR) is 80.7 cm³/mol. The van der Waals surface area contributed by atoms with E-state index in [0.29, 0.717) is 17.9 Å². The normalized spacial score (nSPS) is 10.9. The van der Waals surface area contributed by atoms with E-state index in [1.165, 1.54) is 11.8 Å². The first-order valence-corrected chi connectivity index (χ1v) is 7.48. The van der Waals surface area contributed by atoms with Crippen molar-refractivity contribution in [1.29, 1.82) is 5.26 Å². The van der Waals surface area contributed by atoms with Gasteiger partial charge in [-0.2, -0.15) is 5.26 Å². The van der Waals surface area contributed by atoms with Crippen LogP contribution in [0.5, 0.6) is 0 Å². The average Bonchev–Trinajstić information content (AvgIpc) is 2.41. The minimum Gasteiger partial charge on any atom is -0.389 e. The molecule has 0 aliphatic carbocycles. The molecule has 0 aromatic heterocycles. The molecule has 0 aliphatic heterocycles. The third kappa shape index (κ3) is 4.87. The molecule has 0 saturated heterocycles. The van der Waals surface area contributed by atoms with Gasteiger partial charge in [0.15, 0.2) is 0 Å². The number of hydrogen-bond donors (Lipinski definition) is 1. The third-order valence-corrected chi connectivity index (χ3v) is 3.60. The van der Waals surface area contributed by atoms with Gasteiger partial charge in [-0.25, -0.2) is 0 Å². The number of nitrogens with zero attached hydrogens (tertiary/aromatic N) is 2. The fourth-order valence-corrected chi connectivity index (χ4v) is 2.55. The van der Waals surface area contributed by atoms with Gasteiger partial charge < -0.3 is 10.0 Å². The summed E-state index contributed by atoms with van der Waals surface area (Å²) >= 11 is 1.35. The van der Waals surface area contributed by atoms with Crippen molar-refractivity contribution in [2.75, 3.05) is 18.8 Å². The van der Waals surface area contributed by atoms with Crippen LogP contribution in [0.25, 0.3) is 0 Å². The molecule has 1 rings (SSSR count). The second kappa shape index (κ2) is 7.32. The summed E-state index contributed by atoms with van der Waals surface area (Å²) in [6, 6.07) is 9.32. The molecule has 0 heterocycles. The Morgan fingerprint density at radius 3 is 2.65 bits per heavy atom. The zero-order valence-corrected chi connectivity index (χ0v) is 12.9. The molecule has 1 aromatic rings. The van der Waals surface area contributed by atoms with Gasteiger partial charge in [0.2, 0.25) is 0 Å². The average molecular weight is 292 g/mol. The van der Waals surface area contributed by atoms with E-state index in [2.05, 4.69) is 6.07 Å². The molecule has 108 valence electrons. The van der Waals surface area contributed by atoms with Crippen molar-refractivity contribution >= 4 is 17.7 Å². The highest BCUT2D eigenvalue weighted by atomic mass is 32.2. The number of likely N-dealkylation sites (N-methyl/N-ethyl adjacent to an activating group) is 1. The number of benzene rings is 1. The number of hydrogen-bond acceptors (Lipinski definition) is 4.